The fourth-order valence-electron chi connectivity index (χ4n) is 2.28. The smallest absolute Gasteiger partial charge is 0.337 e. The fraction of sp³-hybridized carbons (Fsp3) is 0.667. The highest BCUT2D eigenvalue weighted by molar-refractivity contribution is 6.04. The van der Waals surface area contributed by atoms with Crippen LogP contribution < -0.4 is 0 Å². The Morgan fingerprint density at radius 3 is 2.53 bits per heavy atom. The molecule has 7 heteroatoms. The Labute approximate surface area is 111 Å². The molecule has 0 unspecified atom stereocenters. The number of hydrogen-bond acceptors (Lipinski definition) is 5. The van der Waals surface area contributed by atoms with Gasteiger partial charge in [-0.2, -0.15) is 0 Å². The molecule has 2 heterocycles. The molecule has 0 radical (unpaired) electrons. The van der Waals surface area contributed by atoms with Crippen LogP contribution in [0, 0.1) is 0 Å². The van der Waals surface area contributed by atoms with E-state index >= 15 is 0 Å². The van der Waals surface area contributed by atoms with Crippen LogP contribution in [0.1, 0.15) is 6.42 Å². The van der Waals surface area contributed by atoms with Crippen molar-refractivity contribution in [2.24, 2.45) is 0 Å². The maximum Gasteiger partial charge on any atom is 0.337 e. The first kappa shape index (κ1) is 13.8. The molecule has 19 heavy (non-hydrogen) atoms. The zero-order valence-corrected chi connectivity index (χ0v) is 10.7. The van der Waals surface area contributed by atoms with Gasteiger partial charge in [-0.25, -0.2) is 4.79 Å². The lowest BCUT2D eigenvalue weighted by molar-refractivity contribution is -0.133. The second kappa shape index (κ2) is 6.03. The number of hydrogen-bond donors (Lipinski definition) is 2. The van der Waals surface area contributed by atoms with Gasteiger partial charge in [0.25, 0.3) is 5.91 Å². The van der Waals surface area contributed by atoms with Crippen LogP contribution in [0.15, 0.2) is 11.3 Å². The average molecular weight is 270 g/mol. The summed E-state index contributed by atoms with van der Waals surface area (Å²) in [6.45, 7) is 4.52. The standard InChI is InChI=1S/C12H18N2O5/c15-10-9(12(17)18)8-14(11(10)16)3-1-2-13-4-6-19-7-5-13/h15H,1-8H2,(H,17,18). The summed E-state index contributed by atoms with van der Waals surface area (Å²) in [4.78, 5) is 26.0. The molecule has 2 aliphatic heterocycles. The van der Waals surface area contributed by atoms with Crippen molar-refractivity contribution < 1.29 is 24.5 Å². The van der Waals surface area contributed by atoms with E-state index in [4.69, 9.17) is 9.84 Å². The minimum Gasteiger partial charge on any atom is -0.503 e. The summed E-state index contributed by atoms with van der Waals surface area (Å²) in [6, 6.07) is 0. The quantitative estimate of drug-likeness (QED) is 0.696. The van der Waals surface area contributed by atoms with Crippen molar-refractivity contribution in [2.45, 2.75) is 6.42 Å². The molecule has 0 atom stereocenters. The number of carboxylic acids is 1. The van der Waals surface area contributed by atoms with E-state index in [1.165, 1.54) is 4.90 Å². The first-order chi connectivity index (χ1) is 9.09. The third kappa shape index (κ3) is 3.24. The number of rotatable bonds is 5. The molecule has 1 fully saturated rings. The minimum atomic E-state index is -1.23. The van der Waals surface area contributed by atoms with Gasteiger partial charge in [0.05, 0.1) is 19.8 Å². The van der Waals surface area contributed by atoms with Gasteiger partial charge in [-0.3, -0.25) is 9.69 Å². The molecule has 2 aliphatic rings. The second-order valence-corrected chi connectivity index (χ2v) is 4.67. The van der Waals surface area contributed by atoms with Crippen LogP contribution in [0.3, 0.4) is 0 Å². The summed E-state index contributed by atoms with van der Waals surface area (Å²) in [5.41, 5.74) is -0.212. The van der Waals surface area contributed by atoms with Crippen LogP contribution in [0.5, 0.6) is 0 Å². The van der Waals surface area contributed by atoms with Crippen LogP contribution in [0.2, 0.25) is 0 Å². The Hall–Kier alpha value is -1.60. The van der Waals surface area contributed by atoms with Crippen molar-refractivity contribution in [2.75, 3.05) is 45.9 Å². The van der Waals surface area contributed by atoms with Gasteiger partial charge in [0, 0.05) is 26.2 Å². The van der Waals surface area contributed by atoms with Gasteiger partial charge in [0.2, 0.25) is 0 Å². The number of ether oxygens (including phenoxy) is 1. The Bertz CT molecular complexity index is 401. The van der Waals surface area contributed by atoms with Crippen molar-refractivity contribution in [1.82, 2.24) is 9.80 Å². The van der Waals surface area contributed by atoms with Crippen molar-refractivity contribution in [3.05, 3.63) is 11.3 Å². The number of carbonyl (C=O) groups is 2. The van der Waals surface area contributed by atoms with E-state index in [9.17, 15) is 14.7 Å². The molecule has 0 bridgehead atoms. The third-order valence-corrected chi connectivity index (χ3v) is 3.39. The summed E-state index contributed by atoms with van der Waals surface area (Å²) >= 11 is 0. The zero-order chi connectivity index (χ0) is 13.8. The Morgan fingerprint density at radius 2 is 1.95 bits per heavy atom. The Morgan fingerprint density at radius 1 is 1.26 bits per heavy atom. The van der Waals surface area contributed by atoms with E-state index in [0.717, 1.165) is 39.3 Å². The summed E-state index contributed by atoms with van der Waals surface area (Å²) in [5.74, 6) is -2.44. The van der Waals surface area contributed by atoms with Gasteiger partial charge >= 0.3 is 5.97 Å². The predicted octanol–water partition coefficient (Wildman–Crippen LogP) is -0.552. The molecule has 0 aromatic carbocycles. The lowest BCUT2D eigenvalue weighted by Crippen LogP contribution is -2.38. The first-order valence-electron chi connectivity index (χ1n) is 6.34. The summed E-state index contributed by atoms with van der Waals surface area (Å²) in [7, 11) is 0. The predicted molar refractivity (Wildman–Crippen MR) is 65.7 cm³/mol. The molecule has 0 saturated carbocycles. The zero-order valence-electron chi connectivity index (χ0n) is 10.7. The number of aliphatic hydroxyl groups is 1. The van der Waals surface area contributed by atoms with Crippen LogP contribution in [0.25, 0.3) is 0 Å². The van der Waals surface area contributed by atoms with E-state index in [-0.39, 0.29) is 12.1 Å². The van der Waals surface area contributed by atoms with E-state index in [2.05, 4.69) is 4.90 Å². The van der Waals surface area contributed by atoms with Gasteiger partial charge in [-0.1, -0.05) is 0 Å². The molecular weight excluding hydrogens is 252 g/mol. The van der Waals surface area contributed by atoms with Crippen molar-refractivity contribution in [3.63, 3.8) is 0 Å². The second-order valence-electron chi connectivity index (χ2n) is 4.67. The number of aliphatic hydroxyl groups excluding tert-OH is 1. The van der Waals surface area contributed by atoms with E-state index < -0.39 is 17.6 Å². The monoisotopic (exact) mass is 270 g/mol. The average Bonchev–Trinajstić information content (AvgIpc) is 2.68. The van der Waals surface area contributed by atoms with E-state index in [1.807, 2.05) is 0 Å². The lowest BCUT2D eigenvalue weighted by atomic mass is 10.2. The molecule has 1 amide bonds. The summed E-state index contributed by atoms with van der Waals surface area (Å²) in [5, 5.41) is 18.3. The number of aliphatic carboxylic acids is 1. The number of amides is 1. The highest BCUT2D eigenvalue weighted by atomic mass is 16.5. The SMILES string of the molecule is O=C(O)C1=C(O)C(=O)N(CCCN2CCOCC2)C1. The first-order valence-corrected chi connectivity index (χ1v) is 6.34. The largest absolute Gasteiger partial charge is 0.503 e. The molecule has 0 aromatic rings. The van der Waals surface area contributed by atoms with Gasteiger partial charge in [0.1, 0.15) is 5.57 Å². The number of nitrogens with zero attached hydrogens (tertiary/aromatic N) is 2. The third-order valence-electron chi connectivity index (χ3n) is 3.39. The number of morpholine rings is 1. The molecule has 1 saturated heterocycles. The Kier molecular flexibility index (Phi) is 4.39. The normalized spacial score (nSPS) is 21.3. The summed E-state index contributed by atoms with van der Waals surface area (Å²) in [6.07, 6.45) is 0.756. The van der Waals surface area contributed by atoms with E-state index in [1.54, 1.807) is 0 Å². The molecule has 2 rings (SSSR count). The van der Waals surface area contributed by atoms with Crippen LogP contribution in [-0.4, -0.2) is 77.8 Å². The van der Waals surface area contributed by atoms with Crippen molar-refractivity contribution in [3.8, 4) is 0 Å². The van der Waals surface area contributed by atoms with Gasteiger partial charge < -0.3 is 19.8 Å². The maximum absolute atomic E-state index is 11.6. The fourth-order valence-corrected chi connectivity index (χ4v) is 2.28. The van der Waals surface area contributed by atoms with Crippen LogP contribution in [0.4, 0.5) is 0 Å². The Balaban J connectivity index is 1.76. The summed E-state index contributed by atoms with van der Waals surface area (Å²) < 4.78 is 5.24. The molecule has 0 spiro atoms. The van der Waals surface area contributed by atoms with Crippen LogP contribution >= 0.6 is 0 Å². The molecule has 2 N–H and O–H groups in total. The highest BCUT2D eigenvalue weighted by Gasteiger charge is 2.33. The van der Waals surface area contributed by atoms with Gasteiger partial charge in [-0.05, 0) is 6.42 Å². The molecule has 7 nitrogen and oxygen atoms in total. The van der Waals surface area contributed by atoms with Crippen molar-refractivity contribution in [1.29, 1.82) is 0 Å². The molecule has 0 aliphatic carbocycles. The van der Waals surface area contributed by atoms with Gasteiger partial charge in [0.15, 0.2) is 5.76 Å². The van der Waals surface area contributed by atoms with E-state index in [0.29, 0.717) is 6.54 Å². The number of carboxylic acid groups (broad SMARTS) is 1. The van der Waals surface area contributed by atoms with Crippen LogP contribution in [-0.2, 0) is 14.3 Å². The number of carbonyl (C=O) groups excluding carboxylic acids is 1. The topological polar surface area (TPSA) is 90.3 Å². The molecular formula is C12H18N2O5. The lowest BCUT2D eigenvalue weighted by Gasteiger charge is -2.27. The maximum atomic E-state index is 11.6. The molecule has 0 aromatic heterocycles. The van der Waals surface area contributed by atoms with Gasteiger partial charge in [-0.15, -0.1) is 0 Å². The minimum absolute atomic E-state index is 0.0108. The highest BCUT2D eigenvalue weighted by Crippen LogP contribution is 2.17. The van der Waals surface area contributed by atoms with Crippen molar-refractivity contribution >= 4 is 11.9 Å². The molecule has 106 valence electrons.